The maximum absolute atomic E-state index is 12.3. The van der Waals surface area contributed by atoms with Crippen molar-refractivity contribution in [2.75, 3.05) is 7.11 Å². The second kappa shape index (κ2) is 6.05. The highest BCUT2D eigenvalue weighted by Crippen LogP contribution is 2.29. The third kappa shape index (κ3) is 3.55. The van der Waals surface area contributed by atoms with E-state index in [1.165, 1.54) is 13.2 Å². The summed E-state index contributed by atoms with van der Waals surface area (Å²) in [5.74, 6) is -1.32. The second-order valence-electron chi connectivity index (χ2n) is 5.71. The average Bonchev–Trinajstić information content (AvgIpc) is 2.91. The van der Waals surface area contributed by atoms with Gasteiger partial charge in [-0.3, -0.25) is 0 Å². The Hall–Kier alpha value is -2.56. The Bertz CT molecular complexity index is 677. The first-order chi connectivity index (χ1) is 10.3. The van der Waals surface area contributed by atoms with Crippen molar-refractivity contribution in [1.82, 2.24) is 0 Å². The number of benzene rings is 1. The number of carbonyl (C=O) groups excluding carboxylic acids is 2. The Balaban J connectivity index is 2.49. The monoisotopic (exact) mass is 302 g/mol. The van der Waals surface area contributed by atoms with Gasteiger partial charge in [-0.25, -0.2) is 9.59 Å². The molecule has 0 aliphatic heterocycles. The highest BCUT2D eigenvalue weighted by Gasteiger charge is 2.27. The standard InChI is InChI=1S/C17H18O5/c1-17(2,3)22-16(19)14-12(11-8-6-5-7-9-11)10-13(21-14)15(18)20-4/h5-10H,1-4H3. The summed E-state index contributed by atoms with van der Waals surface area (Å²) in [7, 11) is 1.25. The lowest BCUT2D eigenvalue weighted by atomic mass is 10.1. The molecule has 116 valence electrons. The molecule has 0 spiro atoms. The summed E-state index contributed by atoms with van der Waals surface area (Å²) >= 11 is 0. The summed E-state index contributed by atoms with van der Waals surface area (Å²) in [6.07, 6.45) is 0. The number of hydrogen-bond donors (Lipinski definition) is 0. The van der Waals surface area contributed by atoms with E-state index < -0.39 is 17.5 Å². The Kier molecular flexibility index (Phi) is 4.35. The summed E-state index contributed by atoms with van der Waals surface area (Å²) < 4.78 is 15.3. The fourth-order valence-corrected chi connectivity index (χ4v) is 1.90. The van der Waals surface area contributed by atoms with Crippen LogP contribution in [0.4, 0.5) is 0 Å². The van der Waals surface area contributed by atoms with Crippen molar-refractivity contribution in [2.45, 2.75) is 26.4 Å². The van der Waals surface area contributed by atoms with Crippen LogP contribution in [0.3, 0.4) is 0 Å². The van der Waals surface area contributed by atoms with Crippen molar-refractivity contribution in [3.8, 4) is 11.1 Å². The highest BCUT2D eigenvalue weighted by molar-refractivity contribution is 5.98. The van der Waals surface area contributed by atoms with Gasteiger partial charge in [-0.05, 0) is 26.3 Å². The minimum Gasteiger partial charge on any atom is -0.463 e. The Morgan fingerprint density at radius 3 is 2.23 bits per heavy atom. The molecule has 2 aromatic rings. The second-order valence-corrected chi connectivity index (χ2v) is 5.71. The molecule has 0 fully saturated rings. The van der Waals surface area contributed by atoms with Gasteiger partial charge < -0.3 is 13.9 Å². The lowest BCUT2D eigenvalue weighted by Gasteiger charge is -2.18. The van der Waals surface area contributed by atoms with Gasteiger partial charge in [0.2, 0.25) is 11.5 Å². The maximum atomic E-state index is 12.3. The van der Waals surface area contributed by atoms with E-state index in [1.807, 2.05) is 30.3 Å². The molecule has 0 saturated carbocycles. The summed E-state index contributed by atoms with van der Waals surface area (Å²) in [6, 6.07) is 10.6. The van der Waals surface area contributed by atoms with Crippen LogP contribution < -0.4 is 0 Å². The molecule has 0 amide bonds. The molecular formula is C17H18O5. The largest absolute Gasteiger partial charge is 0.463 e. The lowest BCUT2D eigenvalue weighted by Crippen LogP contribution is -2.23. The first kappa shape index (κ1) is 15.8. The van der Waals surface area contributed by atoms with Gasteiger partial charge in [0.25, 0.3) is 0 Å². The van der Waals surface area contributed by atoms with E-state index in [1.54, 1.807) is 20.8 Å². The smallest absolute Gasteiger partial charge is 0.375 e. The molecule has 0 N–H and O–H groups in total. The number of carbonyl (C=O) groups is 2. The number of furan rings is 1. The van der Waals surface area contributed by atoms with Crippen molar-refractivity contribution >= 4 is 11.9 Å². The molecular weight excluding hydrogens is 284 g/mol. The van der Waals surface area contributed by atoms with Gasteiger partial charge in [-0.2, -0.15) is 0 Å². The fraction of sp³-hybridized carbons (Fsp3) is 0.294. The van der Waals surface area contributed by atoms with Crippen LogP contribution in [0, 0.1) is 0 Å². The molecule has 0 saturated heterocycles. The van der Waals surface area contributed by atoms with Crippen LogP contribution in [0.1, 0.15) is 41.9 Å². The number of methoxy groups -OCH3 is 1. The quantitative estimate of drug-likeness (QED) is 0.809. The van der Waals surface area contributed by atoms with Crippen LogP contribution in [0.15, 0.2) is 40.8 Å². The molecule has 5 heteroatoms. The van der Waals surface area contributed by atoms with Crippen molar-refractivity contribution in [1.29, 1.82) is 0 Å². The summed E-state index contributed by atoms with van der Waals surface area (Å²) in [5.41, 5.74) is 0.584. The first-order valence-electron chi connectivity index (χ1n) is 6.83. The molecule has 0 aliphatic rings. The molecule has 0 atom stereocenters. The summed E-state index contributed by atoms with van der Waals surface area (Å²) in [5, 5.41) is 0. The SMILES string of the molecule is COC(=O)c1cc(-c2ccccc2)c(C(=O)OC(C)(C)C)o1. The van der Waals surface area contributed by atoms with Crippen molar-refractivity contribution in [3.63, 3.8) is 0 Å². The molecule has 1 aromatic carbocycles. The minimum absolute atomic E-state index is 0.0125. The van der Waals surface area contributed by atoms with E-state index in [0.29, 0.717) is 5.56 Å². The zero-order chi connectivity index (χ0) is 16.3. The molecule has 5 nitrogen and oxygen atoms in total. The number of hydrogen-bond acceptors (Lipinski definition) is 5. The highest BCUT2D eigenvalue weighted by atomic mass is 16.6. The summed E-state index contributed by atoms with van der Waals surface area (Å²) in [4.78, 5) is 24.0. The van der Waals surface area contributed by atoms with Gasteiger partial charge in [-0.15, -0.1) is 0 Å². The Morgan fingerprint density at radius 2 is 1.68 bits per heavy atom. The molecule has 1 heterocycles. The minimum atomic E-state index is -0.663. The van der Waals surface area contributed by atoms with Gasteiger partial charge >= 0.3 is 11.9 Å². The Morgan fingerprint density at radius 1 is 1.05 bits per heavy atom. The molecule has 2 rings (SSSR count). The van der Waals surface area contributed by atoms with E-state index in [4.69, 9.17) is 9.15 Å². The zero-order valence-electron chi connectivity index (χ0n) is 13.0. The average molecular weight is 302 g/mol. The number of esters is 2. The molecule has 0 unspecified atom stereocenters. The van der Waals surface area contributed by atoms with E-state index >= 15 is 0 Å². The van der Waals surface area contributed by atoms with Crippen LogP contribution in [-0.4, -0.2) is 24.6 Å². The Labute approximate surface area is 128 Å². The number of ether oxygens (including phenoxy) is 2. The van der Waals surface area contributed by atoms with Gasteiger partial charge in [-0.1, -0.05) is 30.3 Å². The van der Waals surface area contributed by atoms with Gasteiger partial charge in [0.1, 0.15) is 5.60 Å². The van der Waals surface area contributed by atoms with E-state index in [0.717, 1.165) is 5.56 Å². The third-order valence-electron chi connectivity index (χ3n) is 2.79. The predicted octanol–water partition coefficient (Wildman–Crippen LogP) is 3.69. The first-order valence-corrected chi connectivity index (χ1v) is 6.83. The van der Waals surface area contributed by atoms with Gasteiger partial charge in [0.05, 0.1) is 7.11 Å². The zero-order valence-corrected chi connectivity index (χ0v) is 13.0. The maximum Gasteiger partial charge on any atom is 0.375 e. The van der Waals surface area contributed by atoms with Crippen molar-refractivity contribution in [2.24, 2.45) is 0 Å². The van der Waals surface area contributed by atoms with Crippen molar-refractivity contribution < 1.29 is 23.5 Å². The summed E-state index contributed by atoms with van der Waals surface area (Å²) in [6.45, 7) is 5.28. The van der Waals surface area contributed by atoms with E-state index in [9.17, 15) is 9.59 Å². The molecule has 0 aliphatic carbocycles. The fourth-order valence-electron chi connectivity index (χ4n) is 1.90. The van der Waals surface area contributed by atoms with E-state index in [2.05, 4.69) is 4.74 Å². The molecule has 1 aromatic heterocycles. The van der Waals surface area contributed by atoms with Crippen LogP contribution in [0.25, 0.3) is 11.1 Å². The lowest BCUT2D eigenvalue weighted by molar-refractivity contribution is 0.00353. The normalized spacial score (nSPS) is 11.1. The van der Waals surface area contributed by atoms with Crippen LogP contribution >= 0.6 is 0 Å². The number of rotatable bonds is 3. The van der Waals surface area contributed by atoms with E-state index in [-0.39, 0.29) is 11.5 Å². The van der Waals surface area contributed by atoms with Crippen LogP contribution in [0.2, 0.25) is 0 Å². The molecule has 0 radical (unpaired) electrons. The van der Waals surface area contributed by atoms with Crippen LogP contribution in [-0.2, 0) is 9.47 Å². The predicted molar refractivity (Wildman–Crippen MR) is 80.7 cm³/mol. The molecule has 0 bridgehead atoms. The van der Waals surface area contributed by atoms with Crippen molar-refractivity contribution in [3.05, 3.63) is 47.9 Å². The van der Waals surface area contributed by atoms with Gasteiger partial charge in [0, 0.05) is 11.6 Å². The molecule has 22 heavy (non-hydrogen) atoms. The van der Waals surface area contributed by atoms with Crippen LogP contribution in [0.5, 0.6) is 0 Å². The van der Waals surface area contributed by atoms with Gasteiger partial charge in [0.15, 0.2) is 0 Å². The third-order valence-corrected chi connectivity index (χ3v) is 2.79. The topological polar surface area (TPSA) is 65.7 Å².